The Hall–Kier alpha value is 0.0700. The minimum atomic E-state index is 0.820. The zero-order valence-electron chi connectivity index (χ0n) is 8.50. The van der Waals surface area contributed by atoms with Crippen molar-refractivity contribution in [3.05, 3.63) is 28.5 Å². The van der Waals surface area contributed by atoms with Crippen molar-refractivity contribution in [1.29, 1.82) is 0 Å². The molecule has 0 radical (unpaired) electrons. The molecule has 0 aromatic carbocycles. The predicted octanol–water partition coefficient (Wildman–Crippen LogP) is 3.06. The molecule has 0 saturated carbocycles. The highest BCUT2D eigenvalue weighted by Crippen LogP contribution is 2.19. The second kappa shape index (κ2) is 5.41. The first-order valence-corrected chi connectivity index (χ1v) is 7.08. The van der Waals surface area contributed by atoms with E-state index in [9.17, 15) is 0 Å². The zero-order valence-corrected chi connectivity index (χ0v) is 11.7. The Morgan fingerprint density at radius 3 is 2.93 bits per heavy atom. The van der Waals surface area contributed by atoms with Crippen LogP contribution >= 0.6 is 31.9 Å². The molecule has 1 saturated heterocycles. The van der Waals surface area contributed by atoms with E-state index in [-0.39, 0.29) is 0 Å². The van der Waals surface area contributed by atoms with Gasteiger partial charge < -0.3 is 0 Å². The summed E-state index contributed by atoms with van der Waals surface area (Å²) >= 11 is 6.95. The molecule has 0 spiro atoms. The van der Waals surface area contributed by atoms with Crippen LogP contribution in [0.15, 0.2) is 22.8 Å². The number of hydrogen-bond donors (Lipinski definition) is 0. The summed E-state index contributed by atoms with van der Waals surface area (Å²) in [6.45, 7) is 3.38. The molecule has 1 fully saturated rings. The highest BCUT2D eigenvalue weighted by molar-refractivity contribution is 9.10. The monoisotopic (exact) mass is 332 g/mol. The van der Waals surface area contributed by atoms with Gasteiger partial charge in [0.05, 0.1) is 5.69 Å². The van der Waals surface area contributed by atoms with E-state index in [1.165, 1.54) is 19.5 Å². The maximum absolute atomic E-state index is 4.39. The van der Waals surface area contributed by atoms with Gasteiger partial charge in [-0.3, -0.25) is 9.88 Å². The number of nitrogens with zero attached hydrogens (tertiary/aromatic N) is 2. The van der Waals surface area contributed by atoms with Crippen LogP contribution in [0.1, 0.15) is 12.1 Å². The molecule has 1 aliphatic rings. The normalized spacial score (nSPS) is 22.1. The van der Waals surface area contributed by atoms with Crippen molar-refractivity contribution >= 4 is 31.9 Å². The van der Waals surface area contributed by atoms with Gasteiger partial charge in [0, 0.05) is 29.1 Å². The van der Waals surface area contributed by atoms with Crippen LogP contribution in [-0.4, -0.2) is 28.3 Å². The molecule has 0 N–H and O–H groups in total. The van der Waals surface area contributed by atoms with E-state index in [1.807, 2.05) is 6.20 Å². The minimum Gasteiger partial charge on any atom is -0.297 e. The molecule has 1 unspecified atom stereocenters. The number of aromatic nitrogens is 1. The van der Waals surface area contributed by atoms with Crippen LogP contribution in [0, 0.1) is 5.92 Å². The molecule has 0 aliphatic carbocycles. The Kier molecular flexibility index (Phi) is 4.17. The van der Waals surface area contributed by atoms with Crippen molar-refractivity contribution in [3.63, 3.8) is 0 Å². The lowest BCUT2D eigenvalue weighted by Crippen LogP contribution is -2.20. The quantitative estimate of drug-likeness (QED) is 0.790. The fourth-order valence-corrected chi connectivity index (χ4v) is 2.67. The summed E-state index contributed by atoms with van der Waals surface area (Å²) < 4.78 is 1.05. The van der Waals surface area contributed by atoms with Gasteiger partial charge in [-0.25, -0.2) is 0 Å². The molecular formula is C11H14Br2N2. The molecule has 0 amide bonds. The van der Waals surface area contributed by atoms with Gasteiger partial charge in [-0.2, -0.15) is 0 Å². The van der Waals surface area contributed by atoms with Crippen LogP contribution in [0.4, 0.5) is 0 Å². The van der Waals surface area contributed by atoms with E-state index in [4.69, 9.17) is 0 Å². The second-order valence-electron chi connectivity index (χ2n) is 4.01. The van der Waals surface area contributed by atoms with E-state index in [0.29, 0.717) is 0 Å². The topological polar surface area (TPSA) is 16.1 Å². The van der Waals surface area contributed by atoms with Gasteiger partial charge in [-0.1, -0.05) is 15.9 Å². The number of likely N-dealkylation sites (tertiary alicyclic amines) is 1. The van der Waals surface area contributed by atoms with Gasteiger partial charge in [0.1, 0.15) is 0 Å². The first-order chi connectivity index (χ1) is 7.28. The maximum Gasteiger partial charge on any atom is 0.0544 e. The number of pyridine rings is 1. The Labute approximate surface area is 107 Å². The predicted molar refractivity (Wildman–Crippen MR) is 69.1 cm³/mol. The first-order valence-electron chi connectivity index (χ1n) is 5.16. The number of hydrogen-bond acceptors (Lipinski definition) is 2. The van der Waals surface area contributed by atoms with Gasteiger partial charge >= 0.3 is 0 Å². The third kappa shape index (κ3) is 3.26. The van der Waals surface area contributed by atoms with Gasteiger partial charge in [-0.05, 0) is 46.9 Å². The fourth-order valence-electron chi connectivity index (χ4n) is 1.91. The van der Waals surface area contributed by atoms with Crippen molar-refractivity contribution in [3.8, 4) is 0 Å². The van der Waals surface area contributed by atoms with E-state index in [1.54, 1.807) is 0 Å². The van der Waals surface area contributed by atoms with Crippen LogP contribution in [0.25, 0.3) is 0 Å². The van der Waals surface area contributed by atoms with E-state index in [2.05, 4.69) is 53.9 Å². The molecule has 2 heterocycles. The molecule has 4 heteroatoms. The van der Waals surface area contributed by atoms with Crippen LogP contribution in [0.3, 0.4) is 0 Å². The summed E-state index contributed by atoms with van der Waals surface area (Å²) in [6.07, 6.45) is 3.18. The van der Waals surface area contributed by atoms with Crippen LogP contribution in [0.2, 0.25) is 0 Å². The molecule has 0 bridgehead atoms. The SMILES string of the molecule is BrCC1CCN(Cc2ccc(Br)cn2)C1. The first kappa shape index (κ1) is 11.6. The van der Waals surface area contributed by atoms with E-state index in [0.717, 1.165) is 28.0 Å². The van der Waals surface area contributed by atoms with Crippen LogP contribution in [-0.2, 0) is 6.54 Å². The Morgan fingerprint density at radius 2 is 2.33 bits per heavy atom. The Morgan fingerprint density at radius 1 is 1.47 bits per heavy atom. The van der Waals surface area contributed by atoms with Gasteiger partial charge in [-0.15, -0.1) is 0 Å². The van der Waals surface area contributed by atoms with Gasteiger partial charge in [0.25, 0.3) is 0 Å². The average molecular weight is 334 g/mol. The number of alkyl halides is 1. The Bertz CT molecular complexity index is 313. The fraction of sp³-hybridized carbons (Fsp3) is 0.545. The molecule has 15 heavy (non-hydrogen) atoms. The minimum absolute atomic E-state index is 0.820. The third-order valence-electron chi connectivity index (χ3n) is 2.76. The van der Waals surface area contributed by atoms with Crippen molar-refractivity contribution < 1.29 is 0 Å². The van der Waals surface area contributed by atoms with Crippen molar-refractivity contribution in [2.45, 2.75) is 13.0 Å². The van der Waals surface area contributed by atoms with Crippen molar-refractivity contribution in [2.24, 2.45) is 5.92 Å². The van der Waals surface area contributed by atoms with E-state index < -0.39 is 0 Å². The molecule has 1 atom stereocenters. The summed E-state index contributed by atoms with van der Waals surface area (Å²) in [6, 6.07) is 4.14. The summed E-state index contributed by atoms with van der Waals surface area (Å²) in [5.41, 5.74) is 1.16. The van der Waals surface area contributed by atoms with Crippen molar-refractivity contribution in [2.75, 3.05) is 18.4 Å². The number of rotatable bonds is 3. The van der Waals surface area contributed by atoms with Crippen LogP contribution in [0.5, 0.6) is 0 Å². The molecular weight excluding hydrogens is 320 g/mol. The average Bonchev–Trinajstić information content (AvgIpc) is 2.69. The molecule has 1 aromatic rings. The van der Waals surface area contributed by atoms with Gasteiger partial charge in [0.2, 0.25) is 0 Å². The molecule has 1 aromatic heterocycles. The van der Waals surface area contributed by atoms with Crippen LogP contribution < -0.4 is 0 Å². The maximum atomic E-state index is 4.39. The van der Waals surface area contributed by atoms with E-state index >= 15 is 0 Å². The third-order valence-corrected chi connectivity index (χ3v) is 4.15. The van der Waals surface area contributed by atoms with Gasteiger partial charge in [0.15, 0.2) is 0 Å². The summed E-state index contributed by atoms with van der Waals surface area (Å²) in [5, 5.41) is 1.12. The molecule has 2 rings (SSSR count). The highest BCUT2D eigenvalue weighted by Gasteiger charge is 2.21. The highest BCUT2D eigenvalue weighted by atomic mass is 79.9. The Balaban J connectivity index is 1.90. The summed E-state index contributed by atoms with van der Waals surface area (Å²) in [5.74, 6) is 0.820. The molecule has 82 valence electrons. The lowest BCUT2D eigenvalue weighted by atomic mass is 10.2. The smallest absolute Gasteiger partial charge is 0.0544 e. The largest absolute Gasteiger partial charge is 0.297 e. The second-order valence-corrected chi connectivity index (χ2v) is 5.58. The summed E-state index contributed by atoms with van der Waals surface area (Å²) in [4.78, 5) is 6.87. The summed E-state index contributed by atoms with van der Waals surface area (Å²) in [7, 11) is 0. The zero-order chi connectivity index (χ0) is 10.7. The van der Waals surface area contributed by atoms with Crippen molar-refractivity contribution in [1.82, 2.24) is 9.88 Å². The lowest BCUT2D eigenvalue weighted by Gasteiger charge is -2.14. The number of halogens is 2. The standard InChI is InChI=1S/C11H14Br2N2/c12-5-9-3-4-15(7-9)8-11-2-1-10(13)6-14-11/h1-2,6,9H,3-5,7-8H2. The lowest BCUT2D eigenvalue weighted by molar-refractivity contribution is 0.317. The molecule has 2 nitrogen and oxygen atoms in total. The molecule has 1 aliphatic heterocycles.